The molecule has 1 aliphatic heterocycles. The molecular weight excluding hydrogens is 439 g/mol. The van der Waals surface area contributed by atoms with E-state index in [0.29, 0.717) is 22.5 Å². The first-order valence-electron chi connectivity index (χ1n) is 10.2. The Hall–Kier alpha value is -2.28. The van der Waals surface area contributed by atoms with Crippen LogP contribution in [-0.4, -0.2) is 30.4 Å². The van der Waals surface area contributed by atoms with Gasteiger partial charge in [-0.1, -0.05) is 18.0 Å². The Balaban J connectivity index is 0.00000272. The maximum Gasteiger partial charge on any atom is 0.287 e. The Bertz CT molecular complexity index is 1130. The maximum absolute atomic E-state index is 12.8. The zero-order chi connectivity index (χ0) is 21.3. The van der Waals surface area contributed by atoms with Crippen LogP contribution in [0.15, 0.2) is 44.0 Å². The molecule has 6 nitrogen and oxygen atoms in total. The minimum atomic E-state index is -0.424. The zero-order valence-corrected chi connectivity index (χ0v) is 19.1. The molecule has 3 aromatic rings. The van der Waals surface area contributed by atoms with Crippen molar-refractivity contribution in [2.24, 2.45) is 0 Å². The highest BCUT2D eigenvalue weighted by Crippen LogP contribution is 2.26. The van der Waals surface area contributed by atoms with Gasteiger partial charge in [-0.15, -0.1) is 12.4 Å². The second kappa shape index (κ2) is 9.90. The smallest absolute Gasteiger partial charge is 0.287 e. The first kappa shape index (κ1) is 23.4. The van der Waals surface area contributed by atoms with Crippen molar-refractivity contribution in [1.29, 1.82) is 0 Å². The summed E-state index contributed by atoms with van der Waals surface area (Å²) in [6.45, 7) is 6.03. The third-order valence-electron chi connectivity index (χ3n) is 5.61. The van der Waals surface area contributed by atoms with Gasteiger partial charge in [0.25, 0.3) is 5.91 Å². The fraction of sp³-hybridized carbons (Fsp3) is 0.391. The van der Waals surface area contributed by atoms with Crippen LogP contribution in [0.4, 0.5) is 0 Å². The Labute approximate surface area is 192 Å². The van der Waals surface area contributed by atoms with Crippen molar-refractivity contribution < 1.29 is 13.6 Å². The average Bonchev–Trinajstić information content (AvgIpc) is 3.16. The van der Waals surface area contributed by atoms with Crippen LogP contribution in [-0.2, 0) is 0 Å². The van der Waals surface area contributed by atoms with Crippen molar-refractivity contribution in [1.82, 2.24) is 10.2 Å². The fourth-order valence-electron chi connectivity index (χ4n) is 3.94. The third-order valence-corrected chi connectivity index (χ3v) is 6.02. The third kappa shape index (κ3) is 5.14. The largest absolute Gasteiger partial charge is 0.465 e. The van der Waals surface area contributed by atoms with E-state index in [1.54, 1.807) is 12.1 Å². The van der Waals surface area contributed by atoms with E-state index in [9.17, 15) is 9.59 Å². The molecule has 0 radical (unpaired) electrons. The molecule has 3 heterocycles. The molecule has 0 saturated carbocycles. The number of furan rings is 1. The van der Waals surface area contributed by atoms with Crippen molar-refractivity contribution in [3.8, 4) is 0 Å². The molecule has 4 rings (SSSR count). The number of nitrogens with zero attached hydrogens (tertiary/aromatic N) is 1. The van der Waals surface area contributed by atoms with Crippen molar-refractivity contribution in [2.45, 2.75) is 39.2 Å². The van der Waals surface area contributed by atoms with E-state index in [-0.39, 0.29) is 29.6 Å². The second-order valence-corrected chi connectivity index (χ2v) is 8.25. The summed E-state index contributed by atoms with van der Waals surface area (Å²) < 4.78 is 11.6. The van der Waals surface area contributed by atoms with Gasteiger partial charge in [-0.2, -0.15) is 0 Å². The number of fused-ring (bicyclic) bond motifs is 1. The minimum Gasteiger partial charge on any atom is -0.465 e. The van der Waals surface area contributed by atoms with E-state index in [2.05, 4.69) is 10.2 Å². The summed E-state index contributed by atoms with van der Waals surface area (Å²) in [5, 5.41) is 3.77. The molecule has 1 unspecified atom stereocenters. The normalized spacial score (nSPS) is 15.5. The Morgan fingerprint density at radius 1 is 1.13 bits per heavy atom. The fourth-order valence-corrected chi connectivity index (χ4v) is 4.10. The quantitative estimate of drug-likeness (QED) is 0.572. The first-order chi connectivity index (χ1) is 14.4. The van der Waals surface area contributed by atoms with Gasteiger partial charge in [0.2, 0.25) is 0 Å². The molecule has 8 heteroatoms. The van der Waals surface area contributed by atoms with E-state index in [1.165, 1.54) is 12.5 Å². The van der Waals surface area contributed by atoms with Crippen LogP contribution in [0.25, 0.3) is 11.0 Å². The van der Waals surface area contributed by atoms with Crippen LogP contribution in [0.1, 0.15) is 52.9 Å². The van der Waals surface area contributed by atoms with Gasteiger partial charge in [0.1, 0.15) is 17.1 Å². The van der Waals surface area contributed by atoms with E-state index >= 15 is 0 Å². The summed E-state index contributed by atoms with van der Waals surface area (Å²) in [4.78, 5) is 27.6. The minimum absolute atomic E-state index is 0. The molecule has 166 valence electrons. The summed E-state index contributed by atoms with van der Waals surface area (Å²) in [5.41, 5.74) is 0.838. The summed E-state index contributed by atoms with van der Waals surface area (Å²) in [5.74, 6) is 1.24. The van der Waals surface area contributed by atoms with E-state index in [4.69, 9.17) is 20.4 Å². The van der Waals surface area contributed by atoms with Crippen molar-refractivity contribution >= 4 is 40.9 Å². The van der Waals surface area contributed by atoms with E-state index in [0.717, 1.165) is 43.0 Å². The number of benzene rings is 1. The van der Waals surface area contributed by atoms with Gasteiger partial charge in [-0.25, -0.2) is 0 Å². The molecule has 2 aromatic heterocycles. The van der Waals surface area contributed by atoms with Crippen molar-refractivity contribution in [2.75, 3.05) is 19.6 Å². The summed E-state index contributed by atoms with van der Waals surface area (Å²) in [6, 6.07) is 8.31. The SMILES string of the molecule is Cc1ccc(C(CNC(=O)c2cc(=O)c3cc(Cl)c(C)cc3o2)N2CCCCC2)o1.Cl. The predicted molar refractivity (Wildman–Crippen MR) is 123 cm³/mol. The lowest BCUT2D eigenvalue weighted by atomic mass is 10.1. The average molecular weight is 465 g/mol. The maximum atomic E-state index is 12.8. The number of hydrogen-bond acceptors (Lipinski definition) is 5. The highest BCUT2D eigenvalue weighted by atomic mass is 35.5. The van der Waals surface area contributed by atoms with Gasteiger partial charge in [0.15, 0.2) is 11.2 Å². The molecule has 0 bridgehead atoms. The first-order valence-corrected chi connectivity index (χ1v) is 10.6. The highest BCUT2D eigenvalue weighted by Gasteiger charge is 2.26. The van der Waals surface area contributed by atoms with Gasteiger partial charge >= 0.3 is 0 Å². The number of carbonyl (C=O) groups excluding carboxylic acids is 1. The van der Waals surface area contributed by atoms with Gasteiger partial charge in [-0.3, -0.25) is 14.5 Å². The molecule has 1 N–H and O–H groups in total. The summed E-state index contributed by atoms with van der Waals surface area (Å²) >= 11 is 6.11. The van der Waals surface area contributed by atoms with E-state index < -0.39 is 5.91 Å². The molecule has 1 aliphatic rings. The van der Waals surface area contributed by atoms with Gasteiger partial charge in [0, 0.05) is 17.6 Å². The predicted octanol–water partition coefficient (Wildman–Crippen LogP) is 5.04. The molecule has 1 amide bonds. The van der Waals surface area contributed by atoms with Gasteiger partial charge in [0.05, 0.1) is 11.4 Å². The lowest BCUT2D eigenvalue weighted by molar-refractivity contribution is 0.0887. The highest BCUT2D eigenvalue weighted by molar-refractivity contribution is 6.32. The van der Waals surface area contributed by atoms with E-state index in [1.807, 2.05) is 26.0 Å². The Morgan fingerprint density at radius 3 is 2.55 bits per heavy atom. The van der Waals surface area contributed by atoms with Crippen LogP contribution in [0.3, 0.4) is 0 Å². The standard InChI is InChI=1S/C23H25ClN2O4.ClH/c1-14-10-21-16(11-17(14)24)19(27)12-22(30-21)23(28)25-13-18(20-7-6-15(2)29-20)26-8-4-3-5-9-26;/h6-7,10-12,18H,3-5,8-9,13H2,1-2H3,(H,25,28);1H. The number of nitrogens with one attached hydrogen (secondary N) is 1. The number of aryl methyl sites for hydroxylation is 2. The van der Waals surface area contributed by atoms with Crippen LogP contribution in [0, 0.1) is 13.8 Å². The van der Waals surface area contributed by atoms with Crippen molar-refractivity contribution in [3.63, 3.8) is 0 Å². The van der Waals surface area contributed by atoms with Crippen LogP contribution >= 0.6 is 24.0 Å². The monoisotopic (exact) mass is 464 g/mol. The Morgan fingerprint density at radius 2 is 1.87 bits per heavy atom. The molecule has 1 atom stereocenters. The van der Waals surface area contributed by atoms with Crippen LogP contribution in [0.2, 0.25) is 5.02 Å². The second-order valence-electron chi connectivity index (χ2n) is 7.84. The summed E-state index contributed by atoms with van der Waals surface area (Å²) in [7, 11) is 0. The van der Waals surface area contributed by atoms with Crippen molar-refractivity contribution in [3.05, 3.63) is 68.4 Å². The molecular formula is C23H26Cl2N2O4. The number of carbonyl (C=O) groups is 1. The molecule has 0 spiro atoms. The Kier molecular flexibility index (Phi) is 7.46. The van der Waals surface area contributed by atoms with Gasteiger partial charge < -0.3 is 14.2 Å². The molecule has 0 aliphatic carbocycles. The lowest BCUT2D eigenvalue weighted by Gasteiger charge is -2.33. The van der Waals surface area contributed by atoms with Gasteiger partial charge in [-0.05, 0) is 69.6 Å². The van der Waals surface area contributed by atoms with Crippen LogP contribution < -0.4 is 10.7 Å². The number of piperidine rings is 1. The molecule has 1 fully saturated rings. The summed E-state index contributed by atoms with van der Waals surface area (Å²) in [6.07, 6.45) is 3.48. The number of likely N-dealkylation sites (tertiary alicyclic amines) is 1. The number of hydrogen-bond donors (Lipinski definition) is 1. The van der Waals surface area contributed by atoms with Crippen LogP contribution in [0.5, 0.6) is 0 Å². The zero-order valence-electron chi connectivity index (χ0n) is 17.6. The number of amides is 1. The number of halogens is 2. The molecule has 31 heavy (non-hydrogen) atoms. The number of rotatable bonds is 5. The lowest BCUT2D eigenvalue weighted by Crippen LogP contribution is -2.40. The molecule has 1 aromatic carbocycles. The molecule has 1 saturated heterocycles. The topological polar surface area (TPSA) is 75.7 Å².